The van der Waals surface area contributed by atoms with Gasteiger partial charge in [-0.1, -0.05) is 96.6 Å². The van der Waals surface area contributed by atoms with E-state index < -0.39 is 0 Å². The smallest absolute Gasteiger partial charge is 0.156 e. The van der Waals surface area contributed by atoms with Gasteiger partial charge in [0.1, 0.15) is 0 Å². The molecule has 0 aromatic heterocycles. The van der Waals surface area contributed by atoms with Gasteiger partial charge in [-0.2, -0.15) is 0 Å². The van der Waals surface area contributed by atoms with Crippen molar-refractivity contribution in [2.75, 3.05) is 0 Å². The van der Waals surface area contributed by atoms with Gasteiger partial charge in [0.05, 0.1) is 0 Å². The quantitative estimate of drug-likeness (QED) is 0.523. The van der Waals surface area contributed by atoms with Gasteiger partial charge in [0.25, 0.3) is 0 Å². The summed E-state index contributed by atoms with van der Waals surface area (Å²) in [6.45, 7) is 2.08. The molecule has 124 valence electrons. The van der Waals surface area contributed by atoms with Gasteiger partial charge in [-0.25, -0.2) is 0 Å². The minimum Gasteiger partial charge on any atom is -0.295 e. The first-order valence-corrected chi connectivity index (χ1v) is 8.60. The molecule has 0 saturated carbocycles. The van der Waals surface area contributed by atoms with E-state index in [2.05, 4.69) is 43.3 Å². The lowest BCUT2D eigenvalue weighted by molar-refractivity contribution is -0.114. The standard InChI is InChI=1S/C24H22O/c1-19-12-15-22(16-13-19)24(21-10-6-3-7-11-21)18-23(25)17-14-20-8-4-2-5-9-20/h2-17,24H,18H2,1H3/b17-14+. The summed E-state index contributed by atoms with van der Waals surface area (Å²) in [5.41, 5.74) is 4.62. The molecule has 3 aromatic rings. The maximum atomic E-state index is 12.6. The summed E-state index contributed by atoms with van der Waals surface area (Å²) in [6, 6.07) is 28.6. The van der Waals surface area contributed by atoms with E-state index in [1.165, 1.54) is 16.7 Å². The van der Waals surface area contributed by atoms with Gasteiger partial charge in [-0.3, -0.25) is 4.79 Å². The number of rotatable bonds is 6. The molecule has 0 aliphatic heterocycles. The molecule has 0 N–H and O–H groups in total. The second kappa shape index (κ2) is 8.25. The van der Waals surface area contributed by atoms with Crippen molar-refractivity contribution >= 4 is 11.9 Å². The Kier molecular flexibility index (Phi) is 5.58. The van der Waals surface area contributed by atoms with Crippen LogP contribution in [0.25, 0.3) is 6.08 Å². The monoisotopic (exact) mass is 326 g/mol. The molecule has 0 fully saturated rings. The van der Waals surface area contributed by atoms with Crippen LogP contribution in [0.3, 0.4) is 0 Å². The van der Waals surface area contributed by atoms with Crippen LogP contribution in [0.1, 0.15) is 34.6 Å². The third-order valence-electron chi connectivity index (χ3n) is 4.35. The van der Waals surface area contributed by atoms with Crippen molar-refractivity contribution in [2.24, 2.45) is 0 Å². The van der Waals surface area contributed by atoms with E-state index in [-0.39, 0.29) is 11.7 Å². The van der Waals surface area contributed by atoms with Crippen LogP contribution in [0.5, 0.6) is 0 Å². The molecule has 25 heavy (non-hydrogen) atoms. The second-order valence-electron chi connectivity index (χ2n) is 6.29. The maximum Gasteiger partial charge on any atom is 0.156 e. The fourth-order valence-electron chi connectivity index (χ4n) is 2.93. The zero-order chi connectivity index (χ0) is 17.5. The van der Waals surface area contributed by atoms with Crippen LogP contribution in [0.4, 0.5) is 0 Å². The Morgan fingerprint density at radius 3 is 2.00 bits per heavy atom. The molecule has 1 atom stereocenters. The van der Waals surface area contributed by atoms with E-state index in [1.54, 1.807) is 6.08 Å². The molecule has 3 aromatic carbocycles. The van der Waals surface area contributed by atoms with E-state index in [0.717, 1.165) is 5.56 Å². The van der Waals surface area contributed by atoms with Crippen molar-refractivity contribution in [3.8, 4) is 0 Å². The number of carbonyl (C=O) groups excluding carboxylic acids is 1. The van der Waals surface area contributed by atoms with E-state index in [1.807, 2.05) is 54.6 Å². The molecule has 0 amide bonds. The highest BCUT2D eigenvalue weighted by Crippen LogP contribution is 2.28. The van der Waals surface area contributed by atoms with Crippen molar-refractivity contribution in [3.63, 3.8) is 0 Å². The number of carbonyl (C=O) groups is 1. The van der Waals surface area contributed by atoms with Gasteiger partial charge in [0.2, 0.25) is 0 Å². The lowest BCUT2D eigenvalue weighted by atomic mass is 9.86. The first-order valence-electron chi connectivity index (χ1n) is 8.60. The molecular formula is C24H22O. The Morgan fingerprint density at radius 2 is 1.36 bits per heavy atom. The molecule has 0 heterocycles. The molecule has 3 rings (SSSR count). The van der Waals surface area contributed by atoms with Crippen molar-refractivity contribution in [1.29, 1.82) is 0 Å². The molecule has 0 aliphatic rings. The summed E-state index contributed by atoms with van der Waals surface area (Å²) in [7, 11) is 0. The van der Waals surface area contributed by atoms with Crippen LogP contribution in [0, 0.1) is 6.92 Å². The van der Waals surface area contributed by atoms with E-state index in [0.29, 0.717) is 6.42 Å². The highest BCUT2D eigenvalue weighted by molar-refractivity contribution is 5.94. The Morgan fingerprint density at radius 1 is 0.800 bits per heavy atom. The Bertz CT molecular complexity index is 830. The molecule has 0 spiro atoms. The predicted molar refractivity (Wildman–Crippen MR) is 105 cm³/mol. The van der Waals surface area contributed by atoms with Crippen LogP contribution < -0.4 is 0 Å². The topological polar surface area (TPSA) is 17.1 Å². The van der Waals surface area contributed by atoms with Gasteiger partial charge < -0.3 is 0 Å². The molecular weight excluding hydrogens is 304 g/mol. The number of ketones is 1. The summed E-state index contributed by atoms with van der Waals surface area (Å²) in [5, 5.41) is 0. The first-order chi connectivity index (χ1) is 12.2. The zero-order valence-electron chi connectivity index (χ0n) is 14.4. The molecule has 0 bridgehead atoms. The molecule has 0 saturated heterocycles. The zero-order valence-corrected chi connectivity index (χ0v) is 14.4. The van der Waals surface area contributed by atoms with Crippen LogP contribution >= 0.6 is 0 Å². The Labute approximate surface area is 149 Å². The predicted octanol–water partition coefficient (Wildman–Crippen LogP) is 5.80. The van der Waals surface area contributed by atoms with Gasteiger partial charge in [-0.05, 0) is 29.7 Å². The summed E-state index contributed by atoms with van der Waals surface area (Å²) in [6.07, 6.45) is 4.05. The minimum atomic E-state index is 0.0784. The van der Waals surface area contributed by atoms with Gasteiger partial charge in [-0.15, -0.1) is 0 Å². The lowest BCUT2D eigenvalue weighted by Gasteiger charge is -2.17. The third kappa shape index (κ3) is 4.77. The van der Waals surface area contributed by atoms with Crippen molar-refractivity contribution < 1.29 is 4.79 Å². The lowest BCUT2D eigenvalue weighted by Crippen LogP contribution is -2.07. The van der Waals surface area contributed by atoms with Crippen molar-refractivity contribution in [2.45, 2.75) is 19.3 Å². The number of hydrogen-bond donors (Lipinski definition) is 0. The number of hydrogen-bond acceptors (Lipinski definition) is 1. The van der Waals surface area contributed by atoms with Gasteiger partial charge in [0.15, 0.2) is 5.78 Å². The number of benzene rings is 3. The van der Waals surface area contributed by atoms with Crippen LogP contribution in [-0.4, -0.2) is 5.78 Å². The third-order valence-corrected chi connectivity index (χ3v) is 4.35. The minimum absolute atomic E-state index is 0.0784. The largest absolute Gasteiger partial charge is 0.295 e. The number of aryl methyl sites for hydroxylation is 1. The van der Waals surface area contributed by atoms with Gasteiger partial charge in [0, 0.05) is 12.3 Å². The van der Waals surface area contributed by atoms with E-state index in [9.17, 15) is 4.79 Å². The molecule has 0 aliphatic carbocycles. The summed E-state index contributed by atoms with van der Waals surface area (Å²) in [5.74, 6) is 0.216. The first kappa shape index (κ1) is 16.9. The normalized spacial score (nSPS) is 12.2. The molecule has 1 unspecified atom stereocenters. The highest BCUT2D eigenvalue weighted by atomic mass is 16.1. The fourth-order valence-corrected chi connectivity index (χ4v) is 2.93. The SMILES string of the molecule is Cc1ccc(C(CC(=O)/C=C/c2ccccc2)c2ccccc2)cc1. The van der Waals surface area contributed by atoms with E-state index in [4.69, 9.17) is 0 Å². The summed E-state index contributed by atoms with van der Waals surface area (Å²) in [4.78, 5) is 12.6. The average Bonchev–Trinajstić information content (AvgIpc) is 2.67. The van der Waals surface area contributed by atoms with Crippen LogP contribution in [0.2, 0.25) is 0 Å². The fraction of sp³-hybridized carbons (Fsp3) is 0.125. The second-order valence-corrected chi connectivity index (χ2v) is 6.29. The number of allylic oxidation sites excluding steroid dienone is 1. The van der Waals surface area contributed by atoms with E-state index >= 15 is 0 Å². The summed E-state index contributed by atoms with van der Waals surface area (Å²) < 4.78 is 0. The highest BCUT2D eigenvalue weighted by Gasteiger charge is 2.16. The maximum absolute atomic E-state index is 12.6. The Balaban J connectivity index is 1.81. The Hall–Kier alpha value is -2.93. The summed E-state index contributed by atoms with van der Waals surface area (Å²) >= 11 is 0. The van der Waals surface area contributed by atoms with Gasteiger partial charge >= 0.3 is 0 Å². The molecule has 1 heteroatoms. The average molecular weight is 326 g/mol. The van der Waals surface area contributed by atoms with Crippen LogP contribution in [-0.2, 0) is 4.79 Å². The molecule has 0 radical (unpaired) electrons. The van der Waals surface area contributed by atoms with Crippen molar-refractivity contribution in [3.05, 3.63) is 113 Å². The van der Waals surface area contributed by atoms with Crippen LogP contribution in [0.15, 0.2) is 91.0 Å². The molecule has 1 nitrogen and oxygen atoms in total. The van der Waals surface area contributed by atoms with Crippen molar-refractivity contribution in [1.82, 2.24) is 0 Å².